The standard InChI is InChI=1S/C21H26N4O3/c1-2-17-19(23-15-28-17)20(27)24-10-4-7-21(13-24)8-6-18(26)25(14-21)12-16-5-3-9-22-11-16/h3,5,9,11,15H,2,4,6-8,10,12-14H2,1H3. The number of aryl methyl sites for hydroxylation is 1. The van der Waals surface area contributed by atoms with Gasteiger partial charge in [-0.2, -0.15) is 0 Å². The first kappa shape index (κ1) is 18.7. The average molecular weight is 382 g/mol. The number of pyridine rings is 1. The van der Waals surface area contributed by atoms with Crippen molar-refractivity contribution in [1.29, 1.82) is 0 Å². The lowest BCUT2D eigenvalue weighted by Gasteiger charge is -2.48. The van der Waals surface area contributed by atoms with E-state index >= 15 is 0 Å². The average Bonchev–Trinajstić information content (AvgIpc) is 3.20. The van der Waals surface area contributed by atoms with Crippen molar-refractivity contribution in [3.63, 3.8) is 0 Å². The Morgan fingerprint density at radius 1 is 1.32 bits per heavy atom. The van der Waals surface area contributed by atoms with E-state index in [1.165, 1.54) is 6.39 Å². The molecule has 7 nitrogen and oxygen atoms in total. The van der Waals surface area contributed by atoms with Gasteiger partial charge in [0.15, 0.2) is 12.1 Å². The summed E-state index contributed by atoms with van der Waals surface area (Å²) in [7, 11) is 0. The SMILES string of the molecule is CCc1ocnc1C(=O)N1CCCC2(CCC(=O)N(Cc3cccnc3)C2)C1. The highest BCUT2D eigenvalue weighted by molar-refractivity contribution is 5.93. The molecule has 148 valence electrons. The van der Waals surface area contributed by atoms with E-state index in [9.17, 15) is 9.59 Å². The lowest BCUT2D eigenvalue weighted by molar-refractivity contribution is -0.139. The molecule has 0 aromatic carbocycles. The van der Waals surface area contributed by atoms with Gasteiger partial charge in [-0.05, 0) is 30.9 Å². The Balaban J connectivity index is 1.49. The van der Waals surface area contributed by atoms with Crippen molar-refractivity contribution in [1.82, 2.24) is 19.8 Å². The number of piperidine rings is 2. The van der Waals surface area contributed by atoms with E-state index in [0.29, 0.717) is 43.9 Å². The molecule has 1 spiro atoms. The number of amides is 2. The molecule has 2 amide bonds. The second-order valence-electron chi connectivity index (χ2n) is 7.92. The van der Waals surface area contributed by atoms with E-state index in [1.54, 1.807) is 6.20 Å². The van der Waals surface area contributed by atoms with E-state index in [4.69, 9.17) is 4.42 Å². The van der Waals surface area contributed by atoms with Crippen LogP contribution in [0.1, 0.15) is 54.4 Å². The van der Waals surface area contributed by atoms with Crippen molar-refractivity contribution in [2.24, 2.45) is 5.41 Å². The summed E-state index contributed by atoms with van der Waals surface area (Å²) in [5, 5.41) is 0. The van der Waals surface area contributed by atoms with Gasteiger partial charge in [0.1, 0.15) is 5.76 Å². The van der Waals surface area contributed by atoms with E-state index < -0.39 is 0 Å². The summed E-state index contributed by atoms with van der Waals surface area (Å²) in [5.41, 5.74) is 1.42. The molecule has 0 saturated carbocycles. The van der Waals surface area contributed by atoms with Crippen LogP contribution in [0.5, 0.6) is 0 Å². The Morgan fingerprint density at radius 3 is 3.00 bits per heavy atom. The molecule has 0 radical (unpaired) electrons. The van der Waals surface area contributed by atoms with Crippen LogP contribution in [0.3, 0.4) is 0 Å². The van der Waals surface area contributed by atoms with Crippen molar-refractivity contribution in [3.05, 3.63) is 47.9 Å². The van der Waals surface area contributed by atoms with E-state index in [2.05, 4.69) is 9.97 Å². The molecule has 2 saturated heterocycles. The van der Waals surface area contributed by atoms with Gasteiger partial charge in [-0.3, -0.25) is 14.6 Å². The summed E-state index contributed by atoms with van der Waals surface area (Å²) < 4.78 is 5.34. The number of carbonyl (C=O) groups excluding carboxylic acids is 2. The first-order valence-electron chi connectivity index (χ1n) is 9.98. The van der Waals surface area contributed by atoms with Crippen LogP contribution in [0.15, 0.2) is 35.3 Å². The maximum absolute atomic E-state index is 13.0. The third kappa shape index (κ3) is 3.66. The normalized spacial score (nSPS) is 22.7. The summed E-state index contributed by atoms with van der Waals surface area (Å²) in [6.45, 7) is 4.61. The molecule has 7 heteroatoms. The molecule has 0 bridgehead atoms. The van der Waals surface area contributed by atoms with Crippen LogP contribution >= 0.6 is 0 Å². The van der Waals surface area contributed by atoms with Crippen LogP contribution in [-0.4, -0.2) is 51.2 Å². The van der Waals surface area contributed by atoms with E-state index in [0.717, 1.165) is 31.4 Å². The maximum Gasteiger partial charge on any atom is 0.276 e. The zero-order chi connectivity index (χ0) is 19.6. The fourth-order valence-corrected chi connectivity index (χ4v) is 4.52. The lowest BCUT2D eigenvalue weighted by atomic mass is 9.73. The number of aromatic nitrogens is 2. The molecule has 1 atom stereocenters. The summed E-state index contributed by atoms with van der Waals surface area (Å²) in [4.78, 5) is 37.7. The number of likely N-dealkylation sites (tertiary alicyclic amines) is 2. The number of oxazole rings is 1. The number of carbonyl (C=O) groups is 2. The predicted octanol–water partition coefficient (Wildman–Crippen LogP) is 2.68. The Bertz CT molecular complexity index is 850. The van der Waals surface area contributed by atoms with Crippen LogP contribution in [-0.2, 0) is 17.8 Å². The molecule has 28 heavy (non-hydrogen) atoms. The zero-order valence-electron chi connectivity index (χ0n) is 16.3. The first-order valence-corrected chi connectivity index (χ1v) is 9.98. The quantitative estimate of drug-likeness (QED) is 0.812. The van der Waals surface area contributed by atoms with Crippen LogP contribution in [0.4, 0.5) is 0 Å². The molecule has 0 aliphatic carbocycles. The minimum atomic E-state index is -0.0552. The maximum atomic E-state index is 13.0. The van der Waals surface area contributed by atoms with Crippen molar-refractivity contribution in [3.8, 4) is 0 Å². The highest BCUT2D eigenvalue weighted by atomic mass is 16.3. The molecular weight excluding hydrogens is 356 g/mol. The van der Waals surface area contributed by atoms with Crippen LogP contribution in [0.2, 0.25) is 0 Å². The fourth-order valence-electron chi connectivity index (χ4n) is 4.52. The van der Waals surface area contributed by atoms with Gasteiger partial charge >= 0.3 is 0 Å². The van der Waals surface area contributed by atoms with Gasteiger partial charge in [-0.15, -0.1) is 0 Å². The highest BCUT2D eigenvalue weighted by Gasteiger charge is 2.43. The number of nitrogens with zero attached hydrogens (tertiary/aromatic N) is 4. The van der Waals surface area contributed by atoms with E-state index in [1.807, 2.05) is 35.1 Å². The summed E-state index contributed by atoms with van der Waals surface area (Å²) >= 11 is 0. The Kier molecular flexibility index (Phi) is 5.15. The van der Waals surface area contributed by atoms with Gasteiger partial charge in [-0.25, -0.2) is 4.98 Å². The second-order valence-corrected chi connectivity index (χ2v) is 7.92. The molecule has 1 unspecified atom stereocenters. The number of hydrogen-bond donors (Lipinski definition) is 0. The number of rotatable bonds is 4. The van der Waals surface area contributed by atoms with Crippen molar-refractivity contribution in [2.75, 3.05) is 19.6 Å². The second kappa shape index (κ2) is 7.73. The van der Waals surface area contributed by atoms with Crippen LogP contribution < -0.4 is 0 Å². The zero-order valence-corrected chi connectivity index (χ0v) is 16.3. The van der Waals surface area contributed by atoms with Gasteiger partial charge in [0, 0.05) is 56.8 Å². The molecule has 2 aromatic heterocycles. The van der Waals surface area contributed by atoms with Gasteiger partial charge in [0.25, 0.3) is 5.91 Å². The van der Waals surface area contributed by atoms with Gasteiger partial charge in [-0.1, -0.05) is 13.0 Å². The summed E-state index contributed by atoms with van der Waals surface area (Å²) in [5.74, 6) is 0.768. The molecule has 4 heterocycles. The van der Waals surface area contributed by atoms with Crippen molar-refractivity contribution < 1.29 is 14.0 Å². The minimum absolute atomic E-state index is 0.0415. The predicted molar refractivity (Wildman–Crippen MR) is 102 cm³/mol. The molecule has 2 aliphatic heterocycles. The summed E-state index contributed by atoms with van der Waals surface area (Å²) in [6, 6.07) is 3.89. The van der Waals surface area contributed by atoms with Gasteiger partial charge in [0.2, 0.25) is 5.91 Å². The fraction of sp³-hybridized carbons (Fsp3) is 0.524. The summed E-state index contributed by atoms with van der Waals surface area (Å²) in [6.07, 6.45) is 8.89. The van der Waals surface area contributed by atoms with E-state index in [-0.39, 0.29) is 17.2 Å². The Hall–Kier alpha value is -2.70. The molecule has 2 aliphatic rings. The Labute approximate surface area is 164 Å². The van der Waals surface area contributed by atoms with Crippen LogP contribution in [0, 0.1) is 5.41 Å². The van der Waals surface area contributed by atoms with Crippen molar-refractivity contribution >= 4 is 11.8 Å². The highest BCUT2D eigenvalue weighted by Crippen LogP contribution is 2.39. The molecule has 2 aromatic rings. The van der Waals surface area contributed by atoms with Gasteiger partial charge in [0.05, 0.1) is 0 Å². The molecule has 4 rings (SSSR count). The van der Waals surface area contributed by atoms with Gasteiger partial charge < -0.3 is 14.2 Å². The first-order chi connectivity index (χ1) is 13.6. The minimum Gasteiger partial charge on any atom is -0.448 e. The largest absolute Gasteiger partial charge is 0.448 e. The van der Waals surface area contributed by atoms with Crippen LogP contribution in [0.25, 0.3) is 0 Å². The van der Waals surface area contributed by atoms with Crippen molar-refractivity contribution in [2.45, 2.75) is 45.6 Å². The third-order valence-electron chi connectivity index (χ3n) is 5.96. The smallest absolute Gasteiger partial charge is 0.276 e. The monoisotopic (exact) mass is 382 g/mol. The number of hydrogen-bond acceptors (Lipinski definition) is 5. The molecule has 0 N–H and O–H groups in total. The topological polar surface area (TPSA) is 79.5 Å². The Morgan fingerprint density at radius 2 is 2.21 bits per heavy atom. The molecule has 2 fully saturated rings. The third-order valence-corrected chi connectivity index (χ3v) is 5.96. The lowest BCUT2D eigenvalue weighted by Crippen LogP contribution is -2.54. The molecular formula is C21H26N4O3.